The Morgan fingerprint density at radius 3 is 2.61 bits per heavy atom. The molecule has 6 heteroatoms. The minimum absolute atomic E-state index is 0.00632. The zero-order valence-electron chi connectivity index (χ0n) is 17.5. The van der Waals surface area contributed by atoms with E-state index < -0.39 is 0 Å². The monoisotopic (exact) mass is 392 g/mol. The number of Topliss-reactive ketones (excluding diaryl/α,β-unsaturated/α-hetero) is 1. The lowest BCUT2D eigenvalue weighted by molar-refractivity contribution is -0.124. The third kappa shape index (κ3) is 6.73. The molecule has 2 saturated heterocycles. The predicted molar refractivity (Wildman–Crippen MR) is 109 cm³/mol. The van der Waals surface area contributed by atoms with Gasteiger partial charge in [0.25, 0.3) is 0 Å². The number of ketones is 1. The van der Waals surface area contributed by atoms with Crippen LogP contribution in [0, 0.1) is 17.8 Å². The van der Waals surface area contributed by atoms with Crippen LogP contribution in [0.3, 0.4) is 0 Å². The molecule has 0 aliphatic carbocycles. The zero-order valence-corrected chi connectivity index (χ0v) is 17.5. The van der Waals surface area contributed by atoms with Crippen molar-refractivity contribution in [1.29, 1.82) is 0 Å². The number of ether oxygens (including phenoxy) is 1. The van der Waals surface area contributed by atoms with Crippen molar-refractivity contribution in [2.45, 2.75) is 77.9 Å². The minimum Gasteiger partial charge on any atom is -0.374 e. The third-order valence-electron chi connectivity index (χ3n) is 6.12. The van der Waals surface area contributed by atoms with E-state index in [1.54, 1.807) is 19.9 Å². The summed E-state index contributed by atoms with van der Waals surface area (Å²) in [6.45, 7) is 6.35. The molecule has 28 heavy (non-hydrogen) atoms. The Labute approximate surface area is 168 Å². The smallest absolute Gasteiger partial charge is 0.244 e. The van der Waals surface area contributed by atoms with E-state index in [1.807, 2.05) is 0 Å². The van der Waals surface area contributed by atoms with Gasteiger partial charge < -0.3 is 20.2 Å². The van der Waals surface area contributed by atoms with Gasteiger partial charge in [0.2, 0.25) is 11.8 Å². The lowest BCUT2D eigenvalue weighted by Gasteiger charge is -2.33. The average molecular weight is 393 g/mol. The molecule has 2 rings (SSSR count). The van der Waals surface area contributed by atoms with Crippen LogP contribution in [0.15, 0.2) is 12.2 Å². The maximum atomic E-state index is 11.9. The van der Waals surface area contributed by atoms with E-state index in [0.29, 0.717) is 42.9 Å². The predicted octanol–water partition coefficient (Wildman–Crippen LogP) is 2.76. The Kier molecular flexibility index (Phi) is 9.16. The summed E-state index contributed by atoms with van der Waals surface area (Å²) in [7, 11) is 0. The summed E-state index contributed by atoms with van der Waals surface area (Å²) in [6, 6.07) is 0. The van der Waals surface area contributed by atoms with Crippen molar-refractivity contribution >= 4 is 17.6 Å². The number of carbonyl (C=O) groups is 3. The number of amides is 2. The summed E-state index contributed by atoms with van der Waals surface area (Å²) in [5.74, 6) is 1.46. The lowest BCUT2D eigenvalue weighted by atomic mass is 9.70. The number of unbranched alkanes of at least 4 members (excludes halogenated alkanes) is 1. The van der Waals surface area contributed by atoms with E-state index in [2.05, 4.69) is 17.6 Å². The lowest BCUT2D eigenvalue weighted by Crippen LogP contribution is -2.39. The summed E-state index contributed by atoms with van der Waals surface area (Å²) in [5, 5.41) is 5.49. The normalized spacial score (nSPS) is 27.1. The van der Waals surface area contributed by atoms with E-state index in [9.17, 15) is 14.4 Å². The molecule has 0 unspecified atom stereocenters. The first-order valence-electron chi connectivity index (χ1n) is 10.7. The van der Waals surface area contributed by atoms with Crippen molar-refractivity contribution in [3.05, 3.63) is 12.2 Å². The molecule has 2 N–H and O–H groups in total. The van der Waals surface area contributed by atoms with E-state index in [4.69, 9.17) is 4.74 Å². The quantitative estimate of drug-likeness (QED) is 0.395. The van der Waals surface area contributed by atoms with E-state index >= 15 is 0 Å². The molecule has 2 heterocycles. The third-order valence-corrected chi connectivity index (χ3v) is 6.12. The molecule has 0 aromatic heterocycles. The van der Waals surface area contributed by atoms with Crippen LogP contribution in [0.5, 0.6) is 0 Å². The number of rotatable bonds is 12. The van der Waals surface area contributed by atoms with Gasteiger partial charge in [-0.15, -0.1) is 0 Å². The van der Waals surface area contributed by atoms with E-state index in [-0.39, 0.29) is 24.1 Å². The summed E-state index contributed by atoms with van der Waals surface area (Å²) in [6.07, 6.45) is 10.8. The first kappa shape index (κ1) is 22.6. The van der Waals surface area contributed by atoms with Crippen molar-refractivity contribution in [3.63, 3.8) is 0 Å². The summed E-state index contributed by atoms with van der Waals surface area (Å²) in [4.78, 5) is 34.4. The number of allylic oxidation sites excluding steroid dienone is 1. The van der Waals surface area contributed by atoms with Gasteiger partial charge in [0, 0.05) is 13.0 Å². The van der Waals surface area contributed by atoms with Crippen LogP contribution in [0.1, 0.15) is 65.7 Å². The molecule has 0 aromatic carbocycles. The second-order valence-electron chi connectivity index (χ2n) is 8.31. The second-order valence-corrected chi connectivity index (χ2v) is 8.31. The highest BCUT2D eigenvalue weighted by Crippen LogP contribution is 2.49. The van der Waals surface area contributed by atoms with Crippen LogP contribution < -0.4 is 10.6 Å². The van der Waals surface area contributed by atoms with Gasteiger partial charge in [0.1, 0.15) is 5.78 Å². The summed E-state index contributed by atoms with van der Waals surface area (Å²) < 4.78 is 6.20. The molecule has 2 aliphatic rings. The highest BCUT2D eigenvalue weighted by atomic mass is 16.5. The van der Waals surface area contributed by atoms with Crippen molar-refractivity contribution in [2.24, 2.45) is 17.8 Å². The molecule has 2 fully saturated rings. The van der Waals surface area contributed by atoms with Crippen LogP contribution in [0.25, 0.3) is 0 Å². The topological polar surface area (TPSA) is 84.5 Å². The fraction of sp³-hybridized carbons (Fsp3) is 0.773. The molecule has 158 valence electrons. The standard InChI is InChI=1S/C22H36N2O4/c1-4-7-20(26)24-14-21(27)23-13-12-17-18-10-11-19(28-18)22(17)15(2)8-5-6-9-16(3)25/h4,7,15,17-19,22H,5-6,8-14H2,1-3H3,(H,23,27)(H,24,26)/t15-,17+,18-,19+,22-/m1/s1. The molecule has 2 aliphatic heterocycles. The molecule has 2 bridgehead atoms. The maximum absolute atomic E-state index is 11.9. The van der Waals surface area contributed by atoms with Crippen LogP contribution in [0.4, 0.5) is 0 Å². The van der Waals surface area contributed by atoms with Gasteiger partial charge in [0.05, 0.1) is 18.8 Å². The largest absolute Gasteiger partial charge is 0.374 e. The van der Waals surface area contributed by atoms with Gasteiger partial charge in [-0.3, -0.25) is 9.59 Å². The maximum Gasteiger partial charge on any atom is 0.244 e. The Morgan fingerprint density at radius 1 is 1.14 bits per heavy atom. The van der Waals surface area contributed by atoms with Crippen molar-refractivity contribution in [3.8, 4) is 0 Å². The number of nitrogens with one attached hydrogen (secondary N) is 2. The Morgan fingerprint density at radius 2 is 1.89 bits per heavy atom. The number of carbonyl (C=O) groups excluding carboxylic acids is 3. The fourth-order valence-corrected chi connectivity index (χ4v) is 4.83. The van der Waals surface area contributed by atoms with Crippen LogP contribution in [0.2, 0.25) is 0 Å². The SMILES string of the molecule is CC=CC(=O)NCC(=O)NCC[C@@H]1[C@@H]([C@H](C)CCCCC(C)=O)[C@@H]2CC[C@H]1O2. The van der Waals surface area contributed by atoms with Crippen molar-refractivity contribution < 1.29 is 19.1 Å². The van der Waals surface area contributed by atoms with E-state index in [1.165, 1.54) is 6.08 Å². The van der Waals surface area contributed by atoms with E-state index in [0.717, 1.165) is 38.5 Å². The number of fused-ring (bicyclic) bond motifs is 2. The van der Waals surface area contributed by atoms with Crippen LogP contribution in [-0.2, 0) is 19.1 Å². The first-order valence-corrected chi connectivity index (χ1v) is 10.7. The second kappa shape index (κ2) is 11.3. The molecule has 0 spiro atoms. The average Bonchev–Trinajstić information content (AvgIpc) is 3.25. The fourth-order valence-electron chi connectivity index (χ4n) is 4.83. The zero-order chi connectivity index (χ0) is 20.5. The summed E-state index contributed by atoms with van der Waals surface area (Å²) >= 11 is 0. The molecule has 5 atom stereocenters. The Hall–Kier alpha value is -1.69. The number of hydrogen-bond donors (Lipinski definition) is 2. The van der Waals surface area contributed by atoms with Crippen molar-refractivity contribution in [1.82, 2.24) is 10.6 Å². The molecular formula is C22H36N2O4. The Balaban J connectivity index is 1.73. The summed E-state index contributed by atoms with van der Waals surface area (Å²) in [5.41, 5.74) is 0. The first-order chi connectivity index (χ1) is 13.4. The Bertz CT molecular complexity index is 575. The van der Waals surface area contributed by atoms with Gasteiger partial charge in [0.15, 0.2) is 0 Å². The van der Waals surface area contributed by atoms with Gasteiger partial charge >= 0.3 is 0 Å². The highest BCUT2D eigenvalue weighted by molar-refractivity contribution is 5.91. The van der Waals surface area contributed by atoms with Crippen LogP contribution in [-0.4, -0.2) is 42.9 Å². The van der Waals surface area contributed by atoms with Gasteiger partial charge in [-0.05, 0) is 63.4 Å². The molecular weight excluding hydrogens is 356 g/mol. The molecule has 0 saturated carbocycles. The van der Waals surface area contributed by atoms with Crippen LogP contribution >= 0.6 is 0 Å². The molecule has 0 radical (unpaired) electrons. The number of hydrogen-bond acceptors (Lipinski definition) is 4. The molecule has 2 amide bonds. The van der Waals surface area contributed by atoms with Gasteiger partial charge in [-0.25, -0.2) is 0 Å². The molecule has 0 aromatic rings. The van der Waals surface area contributed by atoms with Crippen molar-refractivity contribution in [2.75, 3.05) is 13.1 Å². The van der Waals surface area contributed by atoms with Gasteiger partial charge in [-0.2, -0.15) is 0 Å². The minimum atomic E-state index is -0.252. The van der Waals surface area contributed by atoms with Gasteiger partial charge in [-0.1, -0.05) is 25.8 Å². The highest BCUT2D eigenvalue weighted by Gasteiger charge is 2.49. The molecule has 6 nitrogen and oxygen atoms in total.